The largest absolute Gasteiger partial charge is 0.496 e. The highest BCUT2D eigenvalue weighted by molar-refractivity contribution is 5.96. The zero-order chi connectivity index (χ0) is 18.0. The number of ether oxygens (including phenoxy) is 2. The Balaban J connectivity index is 1.77. The SMILES string of the molecule is C/C(=C\OCc1ccccc1)C(=Nc1ccccc1)Oc1ccccc1. The van der Waals surface area contributed by atoms with Gasteiger partial charge in [-0.2, -0.15) is 0 Å². The lowest BCUT2D eigenvalue weighted by Gasteiger charge is -2.10. The number of hydrogen-bond donors (Lipinski definition) is 0. The molecule has 0 aliphatic rings. The van der Waals surface area contributed by atoms with Gasteiger partial charge in [0.05, 0.1) is 11.9 Å². The third-order valence-electron chi connectivity index (χ3n) is 3.63. The smallest absolute Gasteiger partial charge is 0.225 e. The van der Waals surface area contributed by atoms with Gasteiger partial charge in [-0.3, -0.25) is 0 Å². The maximum atomic E-state index is 5.98. The summed E-state index contributed by atoms with van der Waals surface area (Å²) in [7, 11) is 0. The molecule has 130 valence electrons. The Morgan fingerprint density at radius 3 is 2.04 bits per heavy atom. The van der Waals surface area contributed by atoms with Crippen LogP contribution in [0.1, 0.15) is 12.5 Å². The summed E-state index contributed by atoms with van der Waals surface area (Å²) in [6.45, 7) is 2.43. The minimum absolute atomic E-state index is 0.502. The van der Waals surface area contributed by atoms with Crippen LogP contribution in [0.3, 0.4) is 0 Å². The van der Waals surface area contributed by atoms with Gasteiger partial charge in [0.1, 0.15) is 12.4 Å². The van der Waals surface area contributed by atoms with Gasteiger partial charge in [0.2, 0.25) is 5.90 Å². The first-order chi connectivity index (χ1) is 12.8. The van der Waals surface area contributed by atoms with E-state index in [0.717, 1.165) is 22.6 Å². The van der Waals surface area contributed by atoms with Crippen molar-refractivity contribution in [2.75, 3.05) is 0 Å². The van der Waals surface area contributed by atoms with Crippen LogP contribution in [0.2, 0.25) is 0 Å². The summed E-state index contributed by atoms with van der Waals surface area (Å²) in [6, 6.07) is 29.4. The van der Waals surface area contributed by atoms with Gasteiger partial charge in [-0.15, -0.1) is 0 Å². The molecule has 0 aromatic heterocycles. The standard InChI is InChI=1S/C23H21NO2/c1-19(17-25-18-20-11-5-2-6-12-20)23(24-21-13-7-3-8-14-21)26-22-15-9-4-10-16-22/h2-17H,18H2,1H3/b19-17+,24-23?. The molecule has 3 nitrogen and oxygen atoms in total. The molecule has 26 heavy (non-hydrogen) atoms. The third kappa shape index (κ3) is 5.35. The fourth-order valence-corrected chi connectivity index (χ4v) is 2.30. The minimum atomic E-state index is 0.502. The number of para-hydroxylation sites is 2. The molecule has 3 aromatic rings. The van der Waals surface area contributed by atoms with Crippen LogP contribution in [-0.2, 0) is 11.3 Å². The Labute approximate surface area is 154 Å². The molecule has 3 rings (SSSR count). The number of rotatable bonds is 6. The van der Waals surface area contributed by atoms with Crippen molar-refractivity contribution in [2.45, 2.75) is 13.5 Å². The van der Waals surface area contributed by atoms with Crippen LogP contribution in [0.5, 0.6) is 5.75 Å². The van der Waals surface area contributed by atoms with E-state index in [1.807, 2.05) is 97.9 Å². The second kappa shape index (κ2) is 9.23. The lowest BCUT2D eigenvalue weighted by Crippen LogP contribution is -2.10. The fraction of sp³-hybridized carbons (Fsp3) is 0.0870. The molecule has 0 radical (unpaired) electrons. The Morgan fingerprint density at radius 1 is 0.808 bits per heavy atom. The summed E-state index contributed by atoms with van der Waals surface area (Å²) in [6.07, 6.45) is 1.69. The molecule has 0 aliphatic carbocycles. The summed E-state index contributed by atoms with van der Waals surface area (Å²) >= 11 is 0. The van der Waals surface area contributed by atoms with Crippen molar-refractivity contribution >= 4 is 11.6 Å². The monoisotopic (exact) mass is 343 g/mol. The molecular weight excluding hydrogens is 322 g/mol. The van der Waals surface area contributed by atoms with Gasteiger partial charge < -0.3 is 9.47 Å². The predicted molar refractivity (Wildman–Crippen MR) is 106 cm³/mol. The average molecular weight is 343 g/mol. The second-order valence-corrected chi connectivity index (χ2v) is 5.77. The molecule has 0 fully saturated rings. The second-order valence-electron chi connectivity index (χ2n) is 5.77. The lowest BCUT2D eigenvalue weighted by atomic mass is 10.2. The summed E-state index contributed by atoms with van der Waals surface area (Å²) in [4.78, 5) is 4.63. The van der Waals surface area contributed by atoms with Gasteiger partial charge >= 0.3 is 0 Å². The van der Waals surface area contributed by atoms with E-state index in [1.165, 1.54) is 0 Å². The average Bonchev–Trinajstić information content (AvgIpc) is 2.70. The molecule has 0 aliphatic heterocycles. The molecule has 0 atom stereocenters. The van der Waals surface area contributed by atoms with Gasteiger partial charge in [0, 0.05) is 5.57 Å². The maximum absolute atomic E-state index is 5.98. The van der Waals surface area contributed by atoms with E-state index in [2.05, 4.69) is 4.99 Å². The van der Waals surface area contributed by atoms with E-state index in [9.17, 15) is 0 Å². The minimum Gasteiger partial charge on any atom is -0.496 e. The van der Waals surface area contributed by atoms with Crippen LogP contribution in [0.4, 0.5) is 5.69 Å². The number of aliphatic imine (C=N–C) groups is 1. The Kier molecular flexibility index (Phi) is 6.21. The molecule has 0 spiro atoms. The third-order valence-corrected chi connectivity index (χ3v) is 3.63. The topological polar surface area (TPSA) is 30.8 Å². The summed E-state index contributed by atoms with van der Waals surface area (Å²) in [5.41, 5.74) is 2.75. The van der Waals surface area contributed by atoms with Crippen LogP contribution in [-0.4, -0.2) is 5.90 Å². The van der Waals surface area contributed by atoms with Crippen molar-refractivity contribution in [2.24, 2.45) is 4.99 Å². The van der Waals surface area contributed by atoms with Gasteiger partial charge in [-0.1, -0.05) is 66.7 Å². The van der Waals surface area contributed by atoms with E-state index in [4.69, 9.17) is 9.47 Å². The van der Waals surface area contributed by atoms with Gasteiger partial charge in [-0.25, -0.2) is 4.99 Å². The molecule has 3 aromatic carbocycles. The molecule has 0 bridgehead atoms. The zero-order valence-corrected chi connectivity index (χ0v) is 14.7. The van der Waals surface area contributed by atoms with Gasteiger partial charge in [-0.05, 0) is 36.8 Å². The maximum Gasteiger partial charge on any atom is 0.225 e. The lowest BCUT2D eigenvalue weighted by molar-refractivity contribution is 0.234. The fourth-order valence-electron chi connectivity index (χ4n) is 2.30. The first-order valence-corrected chi connectivity index (χ1v) is 8.50. The first-order valence-electron chi connectivity index (χ1n) is 8.50. The molecule has 0 N–H and O–H groups in total. The molecule has 3 heteroatoms. The number of nitrogens with zero attached hydrogens (tertiary/aromatic N) is 1. The van der Waals surface area contributed by atoms with E-state index in [0.29, 0.717) is 12.5 Å². The quantitative estimate of drug-likeness (QED) is 0.316. The van der Waals surface area contributed by atoms with Crippen molar-refractivity contribution in [1.82, 2.24) is 0 Å². The highest BCUT2D eigenvalue weighted by Crippen LogP contribution is 2.17. The van der Waals surface area contributed by atoms with E-state index < -0.39 is 0 Å². The van der Waals surface area contributed by atoms with Crippen LogP contribution in [0, 0.1) is 0 Å². The van der Waals surface area contributed by atoms with Crippen LogP contribution >= 0.6 is 0 Å². The Bertz CT molecular complexity index is 856. The molecule has 0 saturated carbocycles. The van der Waals surface area contributed by atoms with Crippen LogP contribution in [0.15, 0.2) is 108 Å². The molecule has 0 heterocycles. The summed E-state index contributed by atoms with van der Waals surface area (Å²) < 4.78 is 11.7. The highest BCUT2D eigenvalue weighted by Gasteiger charge is 2.07. The Morgan fingerprint density at radius 2 is 1.38 bits per heavy atom. The Hall–Kier alpha value is -3.33. The molecular formula is C23H21NO2. The molecule has 0 unspecified atom stereocenters. The molecule has 0 saturated heterocycles. The van der Waals surface area contributed by atoms with Crippen LogP contribution in [0.25, 0.3) is 0 Å². The van der Waals surface area contributed by atoms with Crippen molar-refractivity contribution in [1.29, 1.82) is 0 Å². The normalized spacial score (nSPS) is 11.9. The summed E-state index contributed by atoms with van der Waals surface area (Å²) in [5, 5.41) is 0. The number of hydrogen-bond acceptors (Lipinski definition) is 3. The van der Waals surface area contributed by atoms with Crippen molar-refractivity contribution in [3.05, 3.63) is 108 Å². The molecule has 0 amide bonds. The number of benzene rings is 3. The highest BCUT2D eigenvalue weighted by atomic mass is 16.5. The summed E-state index contributed by atoms with van der Waals surface area (Å²) in [5.74, 6) is 1.24. The van der Waals surface area contributed by atoms with Crippen molar-refractivity contribution in [3.8, 4) is 5.75 Å². The van der Waals surface area contributed by atoms with Gasteiger partial charge in [0.15, 0.2) is 0 Å². The first kappa shape index (κ1) is 17.5. The van der Waals surface area contributed by atoms with E-state index in [-0.39, 0.29) is 0 Å². The van der Waals surface area contributed by atoms with Crippen LogP contribution < -0.4 is 4.74 Å². The van der Waals surface area contributed by atoms with Crippen molar-refractivity contribution in [3.63, 3.8) is 0 Å². The van der Waals surface area contributed by atoms with Crippen molar-refractivity contribution < 1.29 is 9.47 Å². The predicted octanol–water partition coefficient (Wildman–Crippen LogP) is 5.92. The van der Waals surface area contributed by atoms with E-state index >= 15 is 0 Å². The van der Waals surface area contributed by atoms with E-state index in [1.54, 1.807) is 6.26 Å². The van der Waals surface area contributed by atoms with Gasteiger partial charge in [0.25, 0.3) is 0 Å². The zero-order valence-electron chi connectivity index (χ0n) is 14.7.